The highest BCUT2D eigenvalue weighted by atomic mass is 32.2. The molecule has 3 amide bonds. The molecule has 4 aliphatic rings. The van der Waals surface area contributed by atoms with Crippen LogP contribution in [0.1, 0.15) is 26.7 Å². The van der Waals surface area contributed by atoms with E-state index < -0.39 is 23.9 Å². The van der Waals surface area contributed by atoms with Crippen LogP contribution in [0.4, 0.5) is 0 Å². The van der Waals surface area contributed by atoms with Gasteiger partial charge in [0.1, 0.15) is 5.70 Å². The van der Waals surface area contributed by atoms with E-state index in [-0.39, 0.29) is 53.2 Å². The lowest BCUT2D eigenvalue weighted by molar-refractivity contribution is -0.163. The number of aliphatic hydroxyl groups excluding tert-OH is 1. The zero-order valence-electron chi connectivity index (χ0n) is 19.4. The summed E-state index contributed by atoms with van der Waals surface area (Å²) in [5.74, 6) is -2.33. The minimum Gasteiger partial charge on any atom is -0.477 e. The van der Waals surface area contributed by atoms with Crippen molar-refractivity contribution in [1.29, 1.82) is 0 Å². The molecule has 0 aliphatic carbocycles. The van der Waals surface area contributed by atoms with Gasteiger partial charge in [0.2, 0.25) is 17.7 Å². The molecule has 11 nitrogen and oxygen atoms in total. The summed E-state index contributed by atoms with van der Waals surface area (Å²) in [6.07, 6.45) is 0.609. The van der Waals surface area contributed by atoms with Crippen molar-refractivity contribution in [3.8, 4) is 0 Å². The maximum Gasteiger partial charge on any atom is 0.353 e. The lowest BCUT2D eigenvalue weighted by Gasteiger charge is -2.46. The minimum absolute atomic E-state index is 0.00943. The number of rotatable bonds is 9. The molecule has 4 aliphatic heterocycles. The Morgan fingerprint density at radius 2 is 2.09 bits per heavy atom. The lowest BCUT2D eigenvalue weighted by Crippen LogP contribution is -2.63. The van der Waals surface area contributed by atoms with Crippen molar-refractivity contribution in [1.82, 2.24) is 20.4 Å². The summed E-state index contributed by atoms with van der Waals surface area (Å²) in [6.45, 7) is 6.10. The van der Waals surface area contributed by atoms with Crippen LogP contribution >= 0.6 is 11.8 Å². The number of hydrogen-bond donors (Lipinski definition) is 5. The number of aliphatic hydroxyl groups is 1. The number of nitrogens with two attached hydrogens (primary N) is 1. The number of carboxylic acid groups (broad SMARTS) is 1. The number of primary amides is 1. The lowest BCUT2D eigenvalue weighted by atomic mass is 9.79. The fourth-order valence-corrected chi connectivity index (χ4v) is 7.14. The number of nitrogens with one attached hydrogen (secondary N) is 2. The van der Waals surface area contributed by atoms with Crippen LogP contribution < -0.4 is 16.4 Å². The first-order valence-corrected chi connectivity index (χ1v) is 12.6. The smallest absolute Gasteiger partial charge is 0.353 e. The molecule has 12 heteroatoms. The Hall–Kier alpha value is -2.15. The van der Waals surface area contributed by atoms with Gasteiger partial charge in [0.05, 0.1) is 30.7 Å². The van der Waals surface area contributed by atoms with E-state index in [1.165, 1.54) is 16.7 Å². The van der Waals surface area contributed by atoms with Gasteiger partial charge in [-0.1, -0.05) is 6.92 Å². The Morgan fingerprint density at radius 1 is 1.35 bits per heavy atom. The van der Waals surface area contributed by atoms with Crippen molar-refractivity contribution in [2.24, 2.45) is 23.5 Å². The van der Waals surface area contributed by atoms with Gasteiger partial charge >= 0.3 is 5.97 Å². The number of nitrogens with zero attached hydrogens (tertiary/aromatic N) is 2. The van der Waals surface area contributed by atoms with Gasteiger partial charge in [-0.2, -0.15) is 0 Å². The normalized spacial score (nSPS) is 33.8. The van der Waals surface area contributed by atoms with Crippen LogP contribution in [0.5, 0.6) is 0 Å². The number of likely N-dealkylation sites (tertiary alicyclic amines) is 1. The molecule has 0 aromatic heterocycles. The average molecular weight is 496 g/mol. The molecule has 3 fully saturated rings. The molecule has 7 atom stereocenters. The molecule has 0 aromatic carbocycles. The number of amides is 3. The molecule has 0 radical (unpaired) electrons. The largest absolute Gasteiger partial charge is 0.477 e. The first kappa shape index (κ1) is 25.0. The topological polar surface area (TPSA) is 165 Å². The number of β-lactam (4-membered cyclic amide) rings is 1. The molecule has 0 aromatic rings. The van der Waals surface area contributed by atoms with Crippen molar-refractivity contribution in [3.05, 3.63) is 10.6 Å². The van der Waals surface area contributed by atoms with Crippen LogP contribution in [0.15, 0.2) is 10.6 Å². The van der Waals surface area contributed by atoms with E-state index in [2.05, 4.69) is 10.6 Å². The zero-order chi connectivity index (χ0) is 24.7. The zero-order valence-corrected chi connectivity index (χ0v) is 20.2. The maximum absolute atomic E-state index is 13.0. The highest BCUT2D eigenvalue weighted by molar-refractivity contribution is 8.03. The summed E-state index contributed by atoms with van der Waals surface area (Å²) in [6, 6.07) is -0.665. The Labute approximate surface area is 202 Å². The van der Waals surface area contributed by atoms with Gasteiger partial charge in [-0.25, -0.2) is 4.79 Å². The van der Waals surface area contributed by atoms with Gasteiger partial charge in [-0.15, -0.1) is 11.8 Å². The fraction of sp³-hybridized carbons (Fsp3) is 0.727. The molecule has 3 saturated heterocycles. The minimum atomic E-state index is -1.14. The summed E-state index contributed by atoms with van der Waals surface area (Å²) in [7, 11) is 0. The van der Waals surface area contributed by atoms with Crippen LogP contribution in [-0.4, -0.2) is 99.9 Å². The van der Waals surface area contributed by atoms with E-state index in [0.717, 1.165) is 6.42 Å². The van der Waals surface area contributed by atoms with Gasteiger partial charge in [0, 0.05) is 42.3 Å². The summed E-state index contributed by atoms with van der Waals surface area (Å²) < 4.78 is 0. The van der Waals surface area contributed by atoms with E-state index in [9.17, 15) is 29.4 Å². The third-order valence-electron chi connectivity index (χ3n) is 7.32. The molecule has 0 bridgehead atoms. The number of aliphatic carboxylic acids is 1. The highest BCUT2D eigenvalue weighted by Crippen LogP contribution is 2.51. The molecule has 0 unspecified atom stereocenters. The standard InChI is InChI=1S/C22H33N5O6S/c1-10-17-16(11(2)28)21(31)27(17)18(22(32)33)19(10)34-13-5-14(25-7-13)20(30)26-4-3-12(9-26)6-24-8-15(23)29/h10-14,16-17,24-25,28H,3-9H2,1-2H3,(H2,23,29)(H,32,33)/t10-,11-,12+,13+,14+,16-,17-/m1/s1. The SMILES string of the molecule is C[C@@H](O)[C@H]1C(=O)N2C(C(=O)O)=C(S[C@@H]3CN[C@H](C(=O)N4CC[C@@H](CNCC(N)=O)C4)C3)[C@H](C)[C@H]12. The van der Waals surface area contributed by atoms with Crippen molar-refractivity contribution in [2.75, 3.05) is 32.7 Å². The van der Waals surface area contributed by atoms with Crippen molar-refractivity contribution >= 4 is 35.5 Å². The Morgan fingerprint density at radius 3 is 2.74 bits per heavy atom. The predicted octanol–water partition coefficient (Wildman–Crippen LogP) is -1.47. The predicted molar refractivity (Wildman–Crippen MR) is 124 cm³/mol. The number of thioether (sulfide) groups is 1. The van der Waals surface area contributed by atoms with Crippen LogP contribution in [0, 0.1) is 17.8 Å². The van der Waals surface area contributed by atoms with E-state index in [4.69, 9.17) is 5.73 Å². The summed E-state index contributed by atoms with van der Waals surface area (Å²) in [5, 5.41) is 26.1. The molecule has 4 heterocycles. The van der Waals surface area contributed by atoms with Crippen LogP contribution in [-0.2, 0) is 19.2 Å². The van der Waals surface area contributed by atoms with Crippen molar-refractivity contribution in [2.45, 2.75) is 50.1 Å². The highest BCUT2D eigenvalue weighted by Gasteiger charge is 2.60. The van der Waals surface area contributed by atoms with Crippen LogP contribution in [0.3, 0.4) is 0 Å². The quantitative estimate of drug-likeness (QED) is 0.240. The molecule has 34 heavy (non-hydrogen) atoms. The third-order valence-corrected chi connectivity index (χ3v) is 8.83. The molecule has 0 saturated carbocycles. The second-order valence-corrected chi connectivity index (χ2v) is 11.1. The third kappa shape index (κ3) is 4.56. The Balaban J connectivity index is 1.34. The number of hydrogen-bond acceptors (Lipinski definition) is 8. The first-order valence-electron chi connectivity index (χ1n) is 11.8. The summed E-state index contributed by atoms with van der Waals surface area (Å²) >= 11 is 1.44. The second-order valence-electron chi connectivity index (χ2n) is 9.74. The van der Waals surface area contributed by atoms with Crippen LogP contribution in [0.25, 0.3) is 0 Å². The molecular formula is C22H33N5O6S. The summed E-state index contributed by atoms with van der Waals surface area (Å²) in [5.41, 5.74) is 5.16. The van der Waals surface area contributed by atoms with Gasteiger partial charge < -0.3 is 36.4 Å². The maximum atomic E-state index is 13.0. The van der Waals surface area contributed by atoms with Crippen molar-refractivity contribution in [3.63, 3.8) is 0 Å². The van der Waals surface area contributed by atoms with Gasteiger partial charge in [0.25, 0.3) is 0 Å². The van der Waals surface area contributed by atoms with Crippen LogP contribution in [0.2, 0.25) is 0 Å². The fourth-order valence-electron chi connectivity index (χ4n) is 5.66. The Bertz CT molecular complexity index is 910. The van der Waals surface area contributed by atoms with E-state index in [1.54, 1.807) is 6.92 Å². The number of carboxylic acids is 1. The van der Waals surface area contributed by atoms with Crippen molar-refractivity contribution < 1.29 is 29.4 Å². The monoisotopic (exact) mass is 495 g/mol. The van der Waals surface area contributed by atoms with E-state index in [1.807, 2.05) is 11.8 Å². The van der Waals surface area contributed by atoms with E-state index in [0.29, 0.717) is 37.5 Å². The summed E-state index contributed by atoms with van der Waals surface area (Å²) in [4.78, 5) is 52.2. The molecule has 0 spiro atoms. The van der Waals surface area contributed by atoms with Gasteiger partial charge in [-0.3, -0.25) is 14.4 Å². The average Bonchev–Trinajstić information content (AvgIpc) is 3.46. The van der Waals surface area contributed by atoms with E-state index >= 15 is 0 Å². The van der Waals surface area contributed by atoms with Gasteiger partial charge in [0.15, 0.2) is 0 Å². The number of carbonyl (C=O) groups excluding carboxylic acids is 3. The number of fused-ring (bicyclic) bond motifs is 1. The molecular weight excluding hydrogens is 462 g/mol. The number of carbonyl (C=O) groups is 4. The molecule has 188 valence electrons. The first-order chi connectivity index (χ1) is 16.1. The molecule has 4 rings (SSSR count). The second kappa shape index (κ2) is 9.84. The Kier molecular flexibility index (Phi) is 7.22. The molecule has 6 N–H and O–H groups in total. The van der Waals surface area contributed by atoms with Gasteiger partial charge in [-0.05, 0) is 25.7 Å².